The Balaban J connectivity index is 2.98. The van der Waals surface area contributed by atoms with E-state index in [4.69, 9.17) is 10.5 Å². The number of rotatable bonds is 9. The molecular weight excluding hydrogens is 270 g/mol. The number of Topliss-reactive ketones (excluding diaryl/α,β-unsaturated/α-hetero) is 1. The molecule has 1 rings (SSSR count). The van der Waals surface area contributed by atoms with Crippen LogP contribution in [0.5, 0.6) is 5.75 Å². The van der Waals surface area contributed by atoms with Gasteiger partial charge in [0.25, 0.3) is 0 Å². The van der Waals surface area contributed by atoms with Crippen molar-refractivity contribution in [1.82, 2.24) is 0 Å². The van der Waals surface area contributed by atoms with Gasteiger partial charge in [-0.25, -0.2) is 4.79 Å². The first-order valence-electron chi connectivity index (χ1n) is 7.17. The van der Waals surface area contributed by atoms with E-state index in [1.165, 1.54) is 13.2 Å². The molecule has 0 aliphatic carbocycles. The number of hydrogen-bond acceptors (Lipinski definition) is 4. The first kappa shape index (κ1) is 17.2. The lowest BCUT2D eigenvalue weighted by atomic mass is 9.85. The summed E-state index contributed by atoms with van der Waals surface area (Å²) in [5.41, 5.74) is 4.23. The molecule has 0 aromatic heterocycles. The summed E-state index contributed by atoms with van der Waals surface area (Å²) in [6, 6.07) is 6.54. The van der Waals surface area contributed by atoms with Crippen molar-refractivity contribution in [3.05, 3.63) is 29.8 Å². The maximum absolute atomic E-state index is 12.6. The molecule has 0 saturated heterocycles. The first-order valence-corrected chi connectivity index (χ1v) is 7.17. The first-order chi connectivity index (χ1) is 9.97. The van der Waals surface area contributed by atoms with Crippen LogP contribution in [0.4, 0.5) is 0 Å². The van der Waals surface area contributed by atoms with Gasteiger partial charge in [0.2, 0.25) is 0 Å². The molecular formula is C16H23NO4. The minimum atomic E-state index is -1.90. The molecule has 5 nitrogen and oxygen atoms in total. The van der Waals surface area contributed by atoms with Crippen LogP contribution in [-0.4, -0.2) is 29.5 Å². The average Bonchev–Trinajstić information content (AvgIpc) is 2.50. The lowest BCUT2D eigenvalue weighted by Crippen LogP contribution is -2.55. The molecule has 0 bridgehead atoms. The fraction of sp³-hybridized carbons (Fsp3) is 0.500. The van der Waals surface area contributed by atoms with Crippen LogP contribution >= 0.6 is 0 Å². The van der Waals surface area contributed by atoms with Crippen LogP contribution in [0.25, 0.3) is 0 Å². The maximum Gasteiger partial charge on any atom is 0.331 e. The van der Waals surface area contributed by atoms with Crippen LogP contribution in [0.2, 0.25) is 0 Å². The van der Waals surface area contributed by atoms with Gasteiger partial charge in [-0.1, -0.05) is 44.7 Å². The number of carboxylic acid groups (broad SMARTS) is 1. The van der Waals surface area contributed by atoms with Crippen molar-refractivity contribution in [3.8, 4) is 5.75 Å². The molecule has 1 unspecified atom stereocenters. The van der Waals surface area contributed by atoms with Crippen LogP contribution < -0.4 is 10.5 Å². The monoisotopic (exact) mass is 293 g/mol. The Hall–Kier alpha value is -1.88. The van der Waals surface area contributed by atoms with Crippen molar-refractivity contribution >= 4 is 11.8 Å². The van der Waals surface area contributed by atoms with Gasteiger partial charge in [-0.2, -0.15) is 0 Å². The number of carbonyl (C=O) groups excluding carboxylic acids is 1. The molecule has 0 aliphatic rings. The second-order valence-corrected chi connectivity index (χ2v) is 5.12. The topological polar surface area (TPSA) is 89.6 Å². The minimum absolute atomic E-state index is 0.124. The average molecular weight is 293 g/mol. The van der Waals surface area contributed by atoms with Gasteiger partial charge in [0, 0.05) is 0 Å². The zero-order valence-corrected chi connectivity index (χ0v) is 12.6. The highest BCUT2D eigenvalue weighted by Gasteiger charge is 2.42. The summed E-state index contributed by atoms with van der Waals surface area (Å²) < 4.78 is 5.12. The number of methoxy groups -OCH3 is 1. The summed E-state index contributed by atoms with van der Waals surface area (Å²) >= 11 is 0. The predicted octanol–water partition coefficient (Wildman–Crippen LogP) is 2.63. The maximum atomic E-state index is 12.6. The number of hydrogen-bond donors (Lipinski definition) is 2. The SMILES string of the molecule is CCCCCCC(N)(C(=O)O)C(=O)c1ccccc1OC. The third kappa shape index (κ3) is 4.04. The molecule has 0 fully saturated rings. The van der Waals surface area contributed by atoms with Crippen molar-refractivity contribution in [2.24, 2.45) is 5.73 Å². The molecule has 0 aliphatic heterocycles. The van der Waals surface area contributed by atoms with Crippen LogP contribution in [0, 0.1) is 0 Å². The predicted molar refractivity (Wildman–Crippen MR) is 80.6 cm³/mol. The highest BCUT2D eigenvalue weighted by Crippen LogP contribution is 2.25. The molecule has 116 valence electrons. The number of benzene rings is 1. The number of ether oxygens (including phenoxy) is 1. The van der Waals surface area contributed by atoms with Gasteiger partial charge in [0.1, 0.15) is 5.75 Å². The van der Waals surface area contributed by atoms with Crippen molar-refractivity contribution in [2.75, 3.05) is 7.11 Å². The van der Waals surface area contributed by atoms with E-state index < -0.39 is 17.3 Å². The van der Waals surface area contributed by atoms with Crippen LogP contribution in [-0.2, 0) is 4.79 Å². The molecule has 0 saturated carbocycles. The van der Waals surface area contributed by atoms with Crippen LogP contribution in [0.15, 0.2) is 24.3 Å². The number of carbonyl (C=O) groups is 2. The quantitative estimate of drug-likeness (QED) is 0.415. The zero-order valence-electron chi connectivity index (χ0n) is 12.6. The second-order valence-electron chi connectivity index (χ2n) is 5.12. The van der Waals surface area contributed by atoms with E-state index in [1.54, 1.807) is 18.2 Å². The molecule has 1 aromatic rings. The molecule has 21 heavy (non-hydrogen) atoms. The summed E-state index contributed by atoms with van der Waals surface area (Å²) in [4.78, 5) is 24.1. The van der Waals surface area contributed by atoms with Crippen LogP contribution in [0.1, 0.15) is 49.4 Å². The van der Waals surface area contributed by atoms with Gasteiger partial charge in [0.15, 0.2) is 11.3 Å². The van der Waals surface area contributed by atoms with Crippen molar-refractivity contribution in [1.29, 1.82) is 0 Å². The third-order valence-corrected chi connectivity index (χ3v) is 3.56. The fourth-order valence-electron chi connectivity index (χ4n) is 2.22. The highest BCUT2D eigenvalue weighted by atomic mass is 16.5. The van der Waals surface area contributed by atoms with E-state index in [1.807, 2.05) is 0 Å². The Morgan fingerprint density at radius 2 is 1.90 bits per heavy atom. The molecule has 0 spiro atoms. The van der Waals surface area contributed by atoms with E-state index in [0.717, 1.165) is 19.3 Å². The van der Waals surface area contributed by atoms with Crippen molar-refractivity contribution < 1.29 is 19.4 Å². The smallest absolute Gasteiger partial charge is 0.331 e. The number of carboxylic acids is 1. The van der Waals surface area contributed by atoms with Crippen molar-refractivity contribution in [3.63, 3.8) is 0 Å². The van der Waals surface area contributed by atoms with Gasteiger partial charge in [-0.05, 0) is 18.6 Å². The molecule has 0 radical (unpaired) electrons. The Morgan fingerprint density at radius 3 is 2.48 bits per heavy atom. The minimum Gasteiger partial charge on any atom is -0.496 e. The molecule has 3 N–H and O–H groups in total. The summed E-state index contributed by atoms with van der Waals surface area (Å²) in [7, 11) is 1.44. The Morgan fingerprint density at radius 1 is 1.24 bits per heavy atom. The van der Waals surface area contributed by atoms with E-state index in [9.17, 15) is 14.7 Å². The molecule has 0 heterocycles. The van der Waals surface area contributed by atoms with Crippen LogP contribution in [0.3, 0.4) is 0 Å². The molecule has 0 amide bonds. The summed E-state index contributed by atoms with van der Waals surface area (Å²) in [5, 5.41) is 9.40. The zero-order chi connectivity index (χ0) is 15.9. The summed E-state index contributed by atoms with van der Waals surface area (Å²) in [6.07, 6.45) is 3.63. The van der Waals surface area contributed by atoms with Gasteiger partial charge in [-0.3, -0.25) is 4.79 Å². The van der Waals surface area contributed by atoms with Gasteiger partial charge < -0.3 is 15.6 Å². The van der Waals surface area contributed by atoms with Gasteiger partial charge in [-0.15, -0.1) is 0 Å². The molecule has 1 atom stereocenters. The van der Waals surface area contributed by atoms with Gasteiger partial charge >= 0.3 is 5.97 Å². The summed E-state index contributed by atoms with van der Waals surface area (Å²) in [6.45, 7) is 2.06. The van der Waals surface area contributed by atoms with E-state index in [0.29, 0.717) is 12.2 Å². The second kappa shape index (κ2) is 7.78. The summed E-state index contributed by atoms with van der Waals surface area (Å²) in [5.74, 6) is -1.56. The lowest BCUT2D eigenvalue weighted by molar-refractivity contribution is -0.141. The van der Waals surface area contributed by atoms with E-state index >= 15 is 0 Å². The van der Waals surface area contributed by atoms with E-state index in [2.05, 4.69) is 6.92 Å². The fourth-order valence-corrected chi connectivity index (χ4v) is 2.22. The molecule has 5 heteroatoms. The Bertz CT molecular complexity index is 501. The standard InChI is InChI=1S/C16H23NO4/c1-3-4-5-8-11-16(17,15(19)20)14(18)12-9-6-7-10-13(12)21-2/h6-7,9-10H,3-5,8,11,17H2,1-2H3,(H,19,20). The van der Waals surface area contributed by atoms with Gasteiger partial charge in [0.05, 0.1) is 12.7 Å². The number of para-hydroxylation sites is 1. The number of unbranched alkanes of at least 4 members (excludes halogenated alkanes) is 3. The Labute approximate surface area is 125 Å². The van der Waals surface area contributed by atoms with Crippen molar-refractivity contribution in [2.45, 2.75) is 44.6 Å². The largest absolute Gasteiger partial charge is 0.496 e. The number of aliphatic carboxylic acids is 1. The Kier molecular flexibility index (Phi) is 6.37. The third-order valence-electron chi connectivity index (χ3n) is 3.56. The molecule has 1 aromatic carbocycles. The lowest BCUT2D eigenvalue weighted by Gasteiger charge is -2.24. The number of nitrogens with two attached hydrogens (primary N) is 1. The highest BCUT2D eigenvalue weighted by molar-refractivity contribution is 6.16. The van der Waals surface area contributed by atoms with E-state index in [-0.39, 0.29) is 12.0 Å². The normalized spacial score (nSPS) is 13.5. The number of ketones is 1.